The van der Waals surface area contributed by atoms with Gasteiger partial charge in [0.1, 0.15) is 11.4 Å². The van der Waals surface area contributed by atoms with Crippen molar-refractivity contribution in [2.45, 2.75) is 17.1 Å². The molecule has 0 aliphatic heterocycles. The summed E-state index contributed by atoms with van der Waals surface area (Å²) in [5.74, 6) is -0.637. The Morgan fingerprint density at radius 3 is 2.46 bits per heavy atom. The summed E-state index contributed by atoms with van der Waals surface area (Å²) in [6.07, 6.45) is 0. The molecule has 2 N–H and O–H groups in total. The minimum atomic E-state index is -0.717. The summed E-state index contributed by atoms with van der Waals surface area (Å²) in [5, 5.41) is 0.290. The Morgan fingerprint density at radius 1 is 1.21 bits per heavy atom. The number of hydrogen-bond acceptors (Lipinski definition) is 5. The lowest BCUT2D eigenvalue weighted by atomic mass is 10.1. The predicted octanol–water partition coefficient (Wildman–Crippen LogP) is 2.34. The molecule has 1 unspecified atom stereocenters. The molecule has 1 heterocycles. The summed E-state index contributed by atoms with van der Waals surface area (Å²) < 4.78 is 1.92. The Morgan fingerprint density at radius 2 is 1.83 bits per heavy atom. The van der Waals surface area contributed by atoms with Gasteiger partial charge in [0.2, 0.25) is 0 Å². The van der Waals surface area contributed by atoms with E-state index in [9.17, 15) is 14.4 Å². The maximum absolute atomic E-state index is 12.7. The molecular weight excluding hydrogens is 373 g/mol. The standard InChI is InChI=1S/C15H15Cl2N3O3S/c1-7(24-10-6-8(16)4-5-9(10)17)12(21)11-13(18)19(2)15(23)20(3)14(11)22/h4-7H,18H2,1-3H3. The molecule has 1 aromatic heterocycles. The van der Waals surface area contributed by atoms with Crippen LogP contribution in [0.3, 0.4) is 0 Å². The van der Waals surface area contributed by atoms with Crippen LogP contribution in [-0.2, 0) is 14.1 Å². The Balaban J connectivity index is 2.44. The van der Waals surface area contributed by atoms with Crippen molar-refractivity contribution < 1.29 is 4.79 Å². The quantitative estimate of drug-likeness (QED) is 0.642. The molecule has 0 saturated carbocycles. The highest BCUT2D eigenvalue weighted by Gasteiger charge is 2.25. The molecule has 24 heavy (non-hydrogen) atoms. The molecule has 1 atom stereocenters. The van der Waals surface area contributed by atoms with Crippen LogP contribution in [0.15, 0.2) is 32.7 Å². The summed E-state index contributed by atoms with van der Waals surface area (Å²) in [6.45, 7) is 1.63. The third-order valence-electron chi connectivity index (χ3n) is 3.52. The van der Waals surface area contributed by atoms with Gasteiger partial charge in [0.05, 0.1) is 10.3 Å². The van der Waals surface area contributed by atoms with Gasteiger partial charge in [-0.1, -0.05) is 23.2 Å². The van der Waals surface area contributed by atoms with E-state index in [-0.39, 0.29) is 11.4 Å². The topological polar surface area (TPSA) is 87.1 Å². The number of hydrogen-bond donors (Lipinski definition) is 1. The largest absolute Gasteiger partial charge is 0.384 e. The van der Waals surface area contributed by atoms with Gasteiger partial charge in [0.15, 0.2) is 5.78 Å². The summed E-state index contributed by atoms with van der Waals surface area (Å²) >= 11 is 13.2. The molecule has 0 aliphatic carbocycles. The lowest BCUT2D eigenvalue weighted by Crippen LogP contribution is -2.42. The molecule has 0 bridgehead atoms. The minimum Gasteiger partial charge on any atom is -0.384 e. The lowest BCUT2D eigenvalue weighted by Gasteiger charge is -2.15. The van der Waals surface area contributed by atoms with Gasteiger partial charge in [0.25, 0.3) is 5.56 Å². The average Bonchev–Trinajstić information content (AvgIpc) is 2.54. The Hall–Kier alpha value is -1.70. The molecular formula is C15H15Cl2N3O3S. The maximum Gasteiger partial charge on any atom is 0.332 e. The molecule has 0 amide bonds. The van der Waals surface area contributed by atoms with Crippen LogP contribution in [0.4, 0.5) is 5.82 Å². The highest BCUT2D eigenvalue weighted by atomic mass is 35.5. The van der Waals surface area contributed by atoms with Gasteiger partial charge in [-0.05, 0) is 25.1 Å². The maximum atomic E-state index is 12.7. The summed E-state index contributed by atoms with van der Waals surface area (Å²) in [6, 6.07) is 4.91. The van der Waals surface area contributed by atoms with Crippen LogP contribution in [0.2, 0.25) is 10.0 Å². The third kappa shape index (κ3) is 3.38. The molecule has 2 aromatic rings. The number of benzene rings is 1. The molecule has 0 saturated heterocycles. The van der Waals surface area contributed by atoms with Crippen LogP contribution in [0.5, 0.6) is 0 Å². The van der Waals surface area contributed by atoms with E-state index in [1.165, 1.54) is 14.1 Å². The second-order valence-corrected chi connectivity index (χ2v) is 7.39. The molecule has 0 aliphatic rings. The van der Waals surface area contributed by atoms with E-state index in [0.29, 0.717) is 14.9 Å². The fourth-order valence-corrected chi connectivity index (χ4v) is 3.58. The Bertz CT molecular complexity index is 937. The summed E-state index contributed by atoms with van der Waals surface area (Å²) in [7, 11) is 2.70. The zero-order valence-corrected chi connectivity index (χ0v) is 15.5. The Kier molecular flexibility index (Phi) is 5.47. The van der Waals surface area contributed by atoms with Crippen LogP contribution in [0.25, 0.3) is 0 Å². The van der Waals surface area contributed by atoms with Gasteiger partial charge >= 0.3 is 5.69 Å². The molecule has 1 aromatic carbocycles. The lowest BCUT2D eigenvalue weighted by molar-refractivity contribution is 0.0992. The number of thioether (sulfide) groups is 1. The number of nitrogens with zero attached hydrogens (tertiary/aromatic N) is 2. The smallest absolute Gasteiger partial charge is 0.332 e. The molecule has 0 fully saturated rings. The van der Waals surface area contributed by atoms with Crippen molar-refractivity contribution in [3.05, 3.63) is 54.6 Å². The average molecular weight is 388 g/mol. The van der Waals surface area contributed by atoms with Crippen LogP contribution in [0, 0.1) is 0 Å². The fourth-order valence-electron chi connectivity index (χ4n) is 2.11. The van der Waals surface area contributed by atoms with Crippen molar-refractivity contribution in [2.75, 3.05) is 5.73 Å². The molecule has 0 spiro atoms. The molecule has 6 nitrogen and oxygen atoms in total. The van der Waals surface area contributed by atoms with Crippen molar-refractivity contribution in [3.63, 3.8) is 0 Å². The van der Waals surface area contributed by atoms with E-state index in [4.69, 9.17) is 28.9 Å². The van der Waals surface area contributed by atoms with E-state index < -0.39 is 22.3 Å². The van der Waals surface area contributed by atoms with E-state index in [1.54, 1.807) is 25.1 Å². The van der Waals surface area contributed by atoms with Crippen molar-refractivity contribution >= 4 is 46.6 Å². The first-order valence-corrected chi connectivity index (χ1v) is 8.50. The Labute approximate surface area is 152 Å². The van der Waals surface area contributed by atoms with E-state index >= 15 is 0 Å². The molecule has 9 heteroatoms. The fraction of sp³-hybridized carbons (Fsp3) is 0.267. The first kappa shape index (κ1) is 18.6. The summed E-state index contributed by atoms with van der Waals surface area (Å²) in [5.41, 5.74) is 4.29. The molecule has 2 rings (SSSR count). The zero-order valence-electron chi connectivity index (χ0n) is 13.2. The second kappa shape index (κ2) is 7.04. The van der Waals surface area contributed by atoms with Gasteiger partial charge < -0.3 is 5.73 Å². The molecule has 128 valence electrons. The van der Waals surface area contributed by atoms with Gasteiger partial charge in [-0.25, -0.2) is 4.79 Å². The highest BCUT2D eigenvalue weighted by molar-refractivity contribution is 8.00. The van der Waals surface area contributed by atoms with Gasteiger partial charge in [-0.2, -0.15) is 0 Å². The van der Waals surface area contributed by atoms with Gasteiger partial charge in [-0.15, -0.1) is 11.8 Å². The number of anilines is 1. The predicted molar refractivity (Wildman–Crippen MR) is 97.4 cm³/mol. The van der Waals surface area contributed by atoms with Crippen molar-refractivity contribution in [1.29, 1.82) is 0 Å². The number of ketones is 1. The second-order valence-electron chi connectivity index (χ2n) is 5.17. The monoisotopic (exact) mass is 387 g/mol. The first-order valence-electron chi connectivity index (χ1n) is 6.86. The van der Waals surface area contributed by atoms with Crippen LogP contribution in [-0.4, -0.2) is 20.2 Å². The van der Waals surface area contributed by atoms with Gasteiger partial charge in [0, 0.05) is 24.0 Å². The zero-order chi connectivity index (χ0) is 18.2. The SMILES string of the molecule is CC(Sc1cc(Cl)ccc1Cl)C(=O)c1c(N)n(C)c(=O)n(C)c1=O. The number of Topliss-reactive ketones (excluding diaryl/α,β-unsaturated/α-hetero) is 1. The van der Waals surface area contributed by atoms with Crippen LogP contribution in [0.1, 0.15) is 17.3 Å². The van der Waals surface area contributed by atoms with E-state index in [1.807, 2.05) is 0 Å². The normalized spacial score (nSPS) is 12.2. The number of carbonyl (C=O) groups is 1. The van der Waals surface area contributed by atoms with Crippen molar-refractivity contribution in [1.82, 2.24) is 9.13 Å². The third-order valence-corrected chi connectivity index (χ3v) is 5.36. The van der Waals surface area contributed by atoms with Crippen LogP contribution < -0.4 is 17.0 Å². The van der Waals surface area contributed by atoms with E-state index in [2.05, 4.69) is 0 Å². The van der Waals surface area contributed by atoms with Crippen LogP contribution >= 0.6 is 35.0 Å². The number of rotatable bonds is 4. The number of nitrogen functional groups attached to an aromatic ring is 1. The van der Waals surface area contributed by atoms with Crippen molar-refractivity contribution in [3.8, 4) is 0 Å². The van der Waals surface area contributed by atoms with Gasteiger partial charge in [-0.3, -0.25) is 18.7 Å². The molecule has 0 radical (unpaired) electrons. The van der Waals surface area contributed by atoms with E-state index in [0.717, 1.165) is 20.9 Å². The highest BCUT2D eigenvalue weighted by Crippen LogP contribution is 2.33. The minimum absolute atomic E-state index is 0.155. The number of nitrogens with two attached hydrogens (primary N) is 1. The number of aromatic nitrogens is 2. The first-order chi connectivity index (χ1) is 11.1. The number of halogens is 2. The summed E-state index contributed by atoms with van der Waals surface area (Å²) in [4.78, 5) is 37.4. The van der Waals surface area contributed by atoms with Crippen molar-refractivity contribution in [2.24, 2.45) is 14.1 Å². The number of carbonyl (C=O) groups excluding carboxylic acids is 1.